The molecule has 3 heterocycles. The van der Waals surface area contributed by atoms with Crippen molar-refractivity contribution in [2.75, 3.05) is 42.5 Å². The highest BCUT2D eigenvalue weighted by Gasteiger charge is 2.36. The first-order valence-corrected chi connectivity index (χ1v) is 14.6. The Hall–Kier alpha value is -2.79. The van der Waals surface area contributed by atoms with E-state index >= 15 is 0 Å². The summed E-state index contributed by atoms with van der Waals surface area (Å²) >= 11 is 0. The van der Waals surface area contributed by atoms with Crippen LogP contribution < -0.4 is 9.80 Å². The molecule has 2 fully saturated rings. The summed E-state index contributed by atoms with van der Waals surface area (Å²) in [6, 6.07) is 18.4. The maximum atomic E-state index is 13.9. The number of rotatable bonds is 5. The summed E-state index contributed by atoms with van der Waals surface area (Å²) in [7, 11) is 0. The van der Waals surface area contributed by atoms with Gasteiger partial charge in [0.1, 0.15) is 0 Å². The lowest BCUT2D eigenvalue weighted by Crippen LogP contribution is -2.55. The van der Waals surface area contributed by atoms with E-state index in [0.29, 0.717) is 11.9 Å². The van der Waals surface area contributed by atoms with Gasteiger partial charge in [-0.15, -0.1) is 0 Å². The third-order valence-electron chi connectivity index (χ3n) is 9.03. The Balaban J connectivity index is 1.16. The van der Waals surface area contributed by atoms with Crippen molar-refractivity contribution in [3.05, 3.63) is 60.3 Å². The minimum atomic E-state index is 0.206. The molecular weight excluding hydrogens is 456 g/mol. The zero-order valence-electron chi connectivity index (χ0n) is 22.6. The van der Waals surface area contributed by atoms with Crippen molar-refractivity contribution in [1.82, 2.24) is 9.47 Å². The number of carbonyl (C=O) groups is 1. The maximum Gasteiger partial charge on any atom is 0.230 e. The molecule has 0 spiro atoms. The number of hydrogen-bond donors (Lipinski definition) is 0. The minimum Gasteiger partial charge on any atom is -0.368 e. The molecule has 1 aromatic heterocycles. The van der Waals surface area contributed by atoms with Crippen LogP contribution in [0.3, 0.4) is 0 Å². The van der Waals surface area contributed by atoms with Gasteiger partial charge >= 0.3 is 0 Å². The Kier molecular flexibility index (Phi) is 6.98. The highest BCUT2D eigenvalue weighted by molar-refractivity contribution is 5.97. The molecule has 37 heavy (non-hydrogen) atoms. The zero-order valence-corrected chi connectivity index (χ0v) is 22.6. The summed E-state index contributed by atoms with van der Waals surface area (Å²) in [4.78, 5) is 21.3. The highest BCUT2D eigenvalue weighted by Crippen LogP contribution is 2.36. The molecule has 1 saturated carbocycles. The summed E-state index contributed by atoms with van der Waals surface area (Å²) in [6.45, 7) is 9.63. The van der Waals surface area contributed by atoms with Gasteiger partial charge in [-0.3, -0.25) is 9.69 Å². The largest absolute Gasteiger partial charge is 0.368 e. The number of aryl methyl sites for hydroxylation is 1. The van der Waals surface area contributed by atoms with E-state index in [1.165, 1.54) is 47.1 Å². The van der Waals surface area contributed by atoms with Gasteiger partial charge in [0.15, 0.2) is 0 Å². The van der Waals surface area contributed by atoms with E-state index in [9.17, 15) is 4.79 Å². The van der Waals surface area contributed by atoms with Crippen LogP contribution in [0.25, 0.3) is 10.9 Å². The molecular formula is C32H42N4O. The van der Waals surface area contributed by atoms with E-state index in [0.717, 1.165) is 58.4 Å². The molecule has 5 nitrogen and oxygen atoms in total. The Morgan fingerprint density at radius 3 is 2.41 bits per heavy atom. The molecule has 0 radical (unpaired) electrons. The van der Waals surface area contributed by atoms with E-state index in [4.69, 9.17) is 0 Å². The Morgan fingerprint density at radius 1 is 0.865 bits per heavy atom. The number of carbonyl (C=O) groups excluding carboxylic acids is 1. The summed E-state index contributed by atoms with van der Waals surface area (Å²) < 4.78 is 2.37. The monoisotopic (exact) mass is 498 g/mol. The average Bonchev–Trinajstić information content (AvgIpc) is 3.38. The predicted octanol–water partition coefficient (Wildman–Crippen LogP) is 6.27. The lowest BCUT2D eigenvalue weighted by Gasteiger charge is -2.44. The van der Waals surface area contributed by atoms with Gasteiger partial charge in [0.05, 0.1) is 5.52 Å². The minimum absolute atomic E-state index is 0.206. The molecule has 5 heteroatoms. The van der Waals surface area contributed by atoms with Crippen LogP contribution in [0.4, 0.5) is 11.4 Å². The lowest BCUT2D eigenvalue weighted by atomic mass is 9.86. The van der Waals surface area contributed by atoms with Crippen LogP contribution in [0.2, 0.25) is 0 Å². The normalized spacial score (nSPS) is 21.5. The number of benzene rings is 2. The number of nitrogens with zero attached hydrogens (tertiary/aromatic N) is 4. The van der Waals surface area contributed by atoms with Crippen molar-refractivity contribution < 1.29 is 4.79 Å². The smallest absolute Gasteiger partial charge is 0.230 e. The first-order valence-electron chi connectivity index (χ1n) is 14.6. The quantitative estimate of drug-likeness (QED) is 0.415. The molecule has 0 bridgehead atoms. The fraction of sp³-hybridized carbons (Fsp3) is 0.531. The Labute approximate surface area is 222 Å². The number of hydrogen-bond acceptors (Lipinski definition) is 3. The summed E-state index contributed by atoms with van der Waals surface area (Å²) in [5.41, 5.74) is 5.20. The number of para-hydroxylation sites is 1. The lowest BCUT2D eigenvalue weighted by molar-refractivity contribution is -0.124. The second-order valence-corrected chi connectivity index (χ2v) is 11.7. The topological polar surface area (TPSA) is 31.7 Å². The van der Waals surface area contributed by atoms with Crippen molar-refractivity contribution in [2.24, 2.45) is 5.92 Å². The molecule has 1 atom stereocenters. The zero-order chi connectivity index (χ0) is 25.4. The van der Waals surface area contributed by atoms with Gasteiger partial charge in [0, 0.05) is 73.7 Å². The number of fused-ring (bicyclic) bond motifs is 2. The third-order valence-corrected chi connectivity index (χ3v) is 9.03. The standard InChI is InChI=1S/C32H42N4O/c1-24(2)35-18-17-28-30(13-8-14-31(28)35)34-21-19-33(20-22-34)23-27-16-15-25-9-6-7-12-29(25)36(27)32(37)26-10-4-3-5-11-26/h6-9,12-14,17-18,24,26-27H,3-5,10-11,15-16,19-23H2,1-2H3. The Morgan fingerprint density at radius 2 is 1.62 bits per heavy atom. The second kappa shape index (κ2) is 10.5. The summed E-state index contributed by atoms with van der Waals surface area (Å²) in [5, 5.41) is 1.36. The van der Waals surface area contributed by atoms with E-state index < -0.39 is 0 Å². The van der Waals surface area contributed by atoms with Gasteiger partial charge < -0.3 is 14.4 Å². The SMILES string of the molecule is CC(C)n1ccc2c(N3CCN(CC4CCc5ccccc5N4C(=O)C4CCCCC4)CC3)cccc21. The summed E-state index contributed by atoms with van der Waals surface area (Å²) in [6.07, 6.45) is 10.2. The van der Waals surface area contributed by atoms with Crippen molar-refractivity contribution in [2.45, 2.75) is 70.9 Å². The predicted molar refractivity (Wildman–Crippen MR) is 154 cm³/mol. The molecule has 6 rings (SSSR count). The van der Waals surface area contributed by atoms with Crippen LogP contribution in [0, 0.1) is 5.92 Å². The maximum absolute atomic E-state index is 13.9. The van der Waals surface area contributed by atoms with Crippen molar-refractivity contribution in [3.8, 4) is 0 Å². The van der Waals surface area contributed by atoms with Crippen molar-refractivity contribution in [1.29, 1.82) is 0 Å². The van der Waals surface area contributed by atoms with Crippen LogP contribution in [0.15, 0.2) is 54.7 Å². The van der Waals surface area contributed by atoms with Gasteiger partial charge in [-0.2, -0.15) is 0 Å². The molecule has 1 amide bonds. The van der Waals surface area contributed by atoms with E-state index in [1.54, 1.807) is 0 Å². The van der Waals surface area contributed by atoms with Crippen LogP contribution in [-0.2, 0) is 11.2 Å². The fourth-order valence-corrected chi connectivity index (χ4v) is 6.99. The van der Waals surface area contributed by atoms with Gasteiger partial charge in [0.25, 0.3) is 0 Å². The molecule has 196 valence electrons. The molecule has 2 aliphatic heterocycles. The molecule has 3 aromatic rings. The molecule has 2 aromatic carbocycles. The number of piperazine rings is 1. The average molecular weight is 499 g/mol. The third kappa shape index (κ3) is 4.79. The number of anilines is 2. The highest BCUT2D eigenvalue weighted by atomic mass is 16.2. The second-order valence-electron chi connectivity index (χ2n) is 11.7. The molecule has 1 aliphatic carbocycles. The first kappa shape index (κ1) is 24.5. The molecule has 0 N–H and O–H groups in total. The Bertz CT molecular complexity index is 1230. The molecule has 1 unspecified atom stereocenters. The van der Waals surface area contributed by atoms with Crippen molar-refractivity contribution in [3.63, 3.8) is 0 Å². The van der Waals surface area contributed by atoms with Crippen LogP contribution in [-0.4, -0.2) is 54.1 Å². The van der Waals surface area contributed by atoms with Gasteiger partial charge in [-0.25, -0.2) is 0 Å². The van der Waals surface area contributed by atoms with Crippen LogP contribution in [0.1, 0.15) is 64.0 Å². The summed E-state index contributed by atoms with van der Waals surface area (Å²) in [5.74, 6) is 0.592. The van der Waals surface area contributed by atoms with Crippen LogP contribution in [0.5, 0.6) is 0 Å². The fourth-order valence-electron chi connectivity index (χ4n) is 6.99. The van der Waals surface area contributed by atoms with E-state index in [1.807, 2.05) is 0 Å². The van der Waals surface area contributed by atoms with Crippen LogP contribution >= 0.6 is 0 Å². The van der Waals surface area contributed by atoms with Crippen molar-refractivity contribution >= 4 is 28.2 Å². The number of amides is 1. The molecule has 3 aliphatic rings. The van der Waals surface area contributed by atoms with Gasteiger partial charge in [-0.1, -0.05) is 43.5 Å². The molecule has 1 saturated heterocycles. The van der Waals surface area contributed by atoms with Gasteiger partial charge in [0.2, 0.25) is 5.91 Å². The first-order chi connectivity index (χ1) is 18.1. The van der Waals surface area contributed by atoms with Gasteiger partial charge in [-0.05, 0) is 69.4 Å². The van der Waals surface area contributed by atoms with E-state index in [2.05, 4.69) is 87.8 Å². The number of aromatic nitrogens is 1. The van der Waals surface area contributed by atoms with E-state index in [-0.39, 0.29) is 12.0 Å².